The molecule has 0 saturated heterocycles. The zero-order valence-corrected chi connectivity index (χ0v) is 16.4. The summed E-state index contributed by atoms with van der Waals surface area (Å²) in [5.74, 6) is -1.04. The van der Waals surface area contributed by atoms with E-state index in [9.17, 15) is 14.4 Å². The standard InChI is InChI=1S/C11H20Cl5O4P/c1-10(2,7-16)11(8(3-12)4-13,9(5-14)6-15)20-21(17,18)19/h8-9H,3-7H2,1-2H3,(H2,17,18,19). The van der Waals surface area contributed by atoms with Crippen molar-refractivity contribution in [2.24, 2.45) is 17.3 Å². The van der Waals surface area contributed by atoms with E-state index in [-0.39, 0.29) is 29.4 Å². The van der Waals surface area contributed by atoms with E-state index in [2.05, 4.69) is 0 Å². The van der Waals surface area contributed by atoms with Gasteiger partial charge in [0.15, 0.2) is 0 Å². The zero-order chi connectivity index (χ0) is 16.9. The van der Waals surface area contributed by atoms with E-state index in [1.54, 1.807) is 13.8 Å². The highest BCUT2D eigenvalue weighted by atomic mass is 35.5. The molecule has 0 aliphatic rings. The first-order chi connectivity index (χ1) is 9.56. The predicted octanol–water partition coefficient (Wildman–Crippen LogP) is 4.29. The van der Waals surface area contributed by atoms with Gasteiger partial charge in [0.1, 0.15) is 0 Å². The lowest BCUT2D eigenvalue weighted by molar-refractivity contribution is -0.114. The molecule has 0 amide bonds. The Hall–Kier alpha value is 1.56. The molecule has 0 aromatic heterocycles. The van der Waals surface area contributed by atoms with Gasteiger partial charge >= 0.3 is 7.82 Å². The minimum Gasteiger partial charge on any atom is -0.303 e. The average Bonchev–Trinajstić information content (AvgIpc) is 2.39. The van der Waals surface area contributed by atoms with Crippen LogP contribution in [0.4, 0.5) is 0 Å². The third-order valence-corrected chi connectivity index (χ3v) is 6.32. The molecular formula is C11H20Cl5O4P. The third kappa shape index (κ3) is 5.27. The lowest BCUT2D eigenvalue weighted by Crippen LogP contribution is -2.60. The molecular weight excluding hydrogens is 404 g/mol. The van der Waals surface area contributed by atoms with E-state index < -0.39 is 30.7 Å². The van der Waals surface area contributed by atoms with Crippen LogP contribution in [0.5, 0.6) is 0 Å². The number of phosphoric acid groups is 1. The van der Waals surface area contributed by atoms with Crippen LogP contribution in [0, 0.1) is 17.3 Å². The molecule has 0 fully saturated rings. The maximum Gasteiger partial charge on any atom is 0.470 e. The quantitative estimate of drug-likeness (QED) is 0.406. The third-order valence-electron chi connectivity index (χ3n) is 3.62. The molecule has 0 aliphatic heterocycles. The van der Waals surface area contributed by atoms with Gasteiger partial charge in [0.2, 0.25) is 0 Å². The normalized spacial score (nSPS) is 14.2. The maximum atomic E-state index is 11.5. The summed E-state index contributed by atoms with van der Waals surface area (Å²) in [7, 11) is -4.85. The van der Waals surface area contributed by atoms with E-state index in [4.69, 9.17) is 62.5 Å². The molecule has 0 atom stereocenters. The summed E-state index contributed by atoms with van der Waals surface area (Å²) in [5.41, 5.74) is -2.33. The zero-order valence-electron chi connectivity index (χ0n) is 11.7. The SMILES string of the molecule is CC(C)(CCl)C(OP(=O)(O)O)(C(CCl)CCl)C(CCl)CCl. The van der Waals surface area contributed by atoms with Crippen LogP contribution in [0.2, 0.25) is 0 Å². The molecule has 10 heteroatoms. The monoisotopic (exact) mass is 422 g/mol. The molecule has 0 rings (SSSR count). The molecule has 0 aromatic carbocycles. The molecule has 0 radical (unpaired) electrons. The Labute approximate surface area is 150 Å². The van der Waals surface area contributed by atoms with Crippen LogP contribution >= 0.6 is 65.8 Å². The van der Waals surface area contributed by atoms with Crippen molar-refractivity contribution >= 4 is 65.8 Å². The fourth-order valence-electron chi connectivity index (χ4n) is 2.55. The van der Waals surface area contributed by atoms with Crippen molar-refractivity contribution in [3.8, 4) is 0 Å². The summed E-state index contributed by atoms with van der Waals surface area (Å²) in [6.07, 6.45) is 0. The molecule has 4 nitrogen and oxygen atoms in total. The van der Waals surface area contributed by atoms with Crippen LogP contribution in [-0.4, -0.2) is 44.8 Å². The fourth-order valence-corrected chi connectivity index (χ4v) is 5.28. The molecule has 21 heavy (non-hydrogen) atoms. The van der Waals surface area contributed by atoms with Crippen molar-refractivity contribution in [3.05, 3.63) is 0 Å². The fraction of sp³-hybridized carbons (Fsp3) is 1.00. The summed E-state index contributed by atoms with van der Waals surface area (Å²) >= 11 is 29.8. The first-order valence-corrected chi connectivity index (χ1v) is 10.3. The Morgan fingerprint density at radius 3 is 1.48 bits per heavy atom. The van der Waals surface area contributed by atoms with Crippen molar-refractivity contribution in [1.82, 2.24) is 0 Å². The summed E-state index contributed by atoms with van der Waals surface area (Å²) in [4.78, 5) is 18.7. The van der Waals surface area contributed by atoms with Crippen molar-refractivity contribution < 1.29 is 18.9 Å². The lowest BCUT2D eigenvalue weighted by atomic mass is 9.64. The van der Waals surface area contributed by atoms with Gasteiger partial charge in [-0.05, 0) is 0 Å². The van der Waals surface area contributed by atoms with E-state index in [1.165, 1.54) is 0 Å². The number of halogens is 5. The molecule has 0 saturated carbocycles. The first kappa shape index (κ1) is 22.6. The van der Waals surface area contributed by atoms with Gasteiger partial charge in [-0.1, -0.05) is 13.8 Å². The van der Waals surface area contributed by atoms with Crippen molar-refractivity contribution in [1.29, 1.82) is 0 Å². The van der Waals surface area contributed by atoms with Gasteiger partial charge in [-0.15, -0.1) is 58.0 Å². The smallest absolute Gasteiger partial charge is 0.303 e. The second-order valence-corrected chi connectivity index (χ2v) is 8.07. The minimum atomic E-state index is -4.85. The Kier molecular flexibility index (Phi) is 9.83. The van der Waals surface area contributed by atoms with E-state index in [0.717, 1.165) is 0 Å². The second-order valence-electron chi connectivity index (χ2n) is 5.40. The van der Waals surface area contributed by atoms with Crippen molar-refractivity contribution in [3.63, 3.8) is 0 Å². The van der Waals surface area contributed by atoms with Crippen LogP contribution < -0.4 is 0 Å². The Bertz CT molecular complexity index is 343. The van der Waals surface area contributed by atoms with Gasteiger partial charge in [0.25, 0.3) is 0 Å². The summed E-state index contributed by atoms with van der Waals surface area (Å²) in [5, 5.41) is 0. The lowest BCUT2D eigenvalue weighted by Gasteiger charge is -2.52. The highest BCUT2D eigenvalue weighted by Crippen LogP contribution is 2.56. The van der Waals surface area contributed by atoms with Gasteiger partial charge in [0.05, 0.1) is 5.60 Å². The van der Waals surface area contributed by atoms with E-state index >= 15 is 0 Å². The Morgan fingerprint density at radius 1 is 0.952 bits per heavy atom. The summed E-state index contributed by atoms with van der Waals surface area (Å²) in [6.45, 7) is 3.43. The van der Waals surface area contributed by atoms with Crippen LogP contribution in [0.3, 0.4) is 0 Å². The van der Waals surface area contributed by atoms with Gasteiger partial charge in [0, 0.05) is 46.7 Å². The highest BCUT2D eigenvalue weighted by molar-refractivity contribution is 7.46. The van der Waals surface area contributed by atoms with E-state index in [1.807, 2.05) is 0 Å². The Morgan fingerprint density at radius 2 is 1.29 bits per heavy atom. The molecule has 2 N–H and O–H groups in total. The van der Waals surface area contributed by atoms with Crippen molar-refractivity contribution in [2.45, 2.75) is 19.4 Å². The second kappa shape index (κ2) is 9.15. The van der Waals surface area contributed by atoms with Crippen molar-refractivity contribution in [2.75, 3.05) is 29.4 Å². The van der Waals surface area contributed by atoms with Gasteiger partial charge in [-0.2, -0.15) is 0 Å². The van der Waals surface area contributed by atoms with Crippen LogP contribution in [0.1, 0.15) is 13.8 Å². The van der Waals surface area contributed by atoms with Gasteiger partial charge in [-0.25, -0.2) is 4.57 Å². The van der Waals surface area contributed by atoms with Gasteiger partial charge < -0.3 is 9.79 Å². The number of alkyl halides is 5. The maximum absolute atomic E-state index is 11.5. The molecule has 0 unspecified atom stereocenters. The molecule has 0 bridgehead atoms. The minimum absolute atomic E-state index is 0.0219. The first-order valence-electron chi connectivity index (χ1n) is 6.12. The number of hydrogen-bond acceptors (Lipinski definition) is 2. The summed E-state index contributed by atoms with van der Waals surface area (Å²) in [6, 6.07) is 0. The molecule has 128 valence electrons. The van der Waals surface area contributed by atoms with Crippen LogP contribution in [0.15, 0.2) is 0 Å². The van der Waals surface area contributed by atoms with E-state index in [0.29, 0.717) is 0 Å². The molecule has 0 aromatic rings. The average molecular weight is 425 g/mol. The van der Waals surface area contributed by atoms with Gasteiger partial charge in [-0.3, -0.25) is 4.52 Å². The predicted molar refractivity (Wildman–Crippen MR) is 90.2 cm³/mol. The Balaban J connectivity index is 6.25. The van der Waals surface area contributed by atoms with Crippen LogP contribution in [-0.2, 0) is 9.09 Å². The summed E-state index contributed by atoms with van der Waals surface area (Å²) < 4.78 is 16.8. The highest BCUT2D eigenvalue weighted by Gasteiger charge is 2.58. The molecule has 0 heterocycles. The number of hydrogen-bond donors (Lipinski definition) is 2. The largest absolute Gasteiger partial charge is 0.470 e. The molecule has 0 spiro atoms. The number of rotatable bonds is 10. The topological polar surface area (TPSA) is 66.8 Å². The molecule has 0 aliphatic carbocycles. The number of phosphoric ester groups is 1. The van der Waals surface area contributed by atoms with Crippen LogP contribution in [0.25, 0.3) is 0 Å².